The van der Waals surface area contributed by atoms with Crippen LogP contribution in [-0.4, -0.2) is 53.8 Å². The van der Waals surface area contributed by atoms with Crippen molar-refractivity contribution in [2.45, 2.75) is 57.1 Å². The zero-order valence-electron chi connectivity index (χ0n) is 21.8. The van der Waals surface area contributed by atoms with Gasteiger partial charge in [0.15, 0.2) is 0 Å². The molecule has 0 saturated carbocycles. The lowest BCUT2D eigenvalue weighted by atomic mass is 10.0. The summed E-state index contributed by atoms with van der Waals surface area (Å²) in [6, 6.07) is 26.0. The molecule has 198 valence electrons. The Bertz CT molecular complexity index is 1050. The summed E-state index contributed by atoms with van der Waals surface area (Å²) in [4.78, 5) is 2.27. The predicted molar refractivity (Wildman–Crippen MR) is 147 cm³/mol. The van der Waals surface area contributed by atoms with E-state index in [0.717, 1.165) is 61.4 Å². The summed E-state index contributed by atoms with van der Waals surface area (Å²) in [7, 11) is 1.66. The van der Waals surface area contributed by atoms with E-state index >= 15 is 0 Å². The smallest absolute Gasteiger partial charge is 0.134 e. The molecule has 1 saturated heterocycles. The minimum absolute atomic E-state index is 0.401. The summed E-state index contributed by atoms with van der Waals surface area (Å²) >= 11 is 0. The lowest BCUT2D eigenvalue weighted by molar-refractivity contribution is -0.0657. The minimum Gasteiger partial charge on any atom is -0.497 e. The van der Waals surface area contributed by atoms with Gasteiger partial charge in [-0.3, -0.25) is 10.2 Å². The fourth-order valence-corrected chi connectivity index (χ4v) is 4.92. The van der Waals surface area contributed by atoms with Gasteiger partial charge in [-0.2, -0.15) is 0 Å². The van der Waals surface area contributed by atoms with Crippen molar-refractivity contribution in [1.29, 1.82) is 0 Å². The third-order valence-corrected chi connectivity index (χ3v) is 6.89. The first-order valence-electron chi connectivity index (χ1n) is 13.3. The van der Waals surface area contributed by atoms with Gasteiger partial charge in [0.1, 0.15) is 30.1 Å². The molecule has 0 spiro atoms. The van der Waals surface area contributed by atoms with Gasteiger partial charge in [-0.1, -0.05) is 54.6 Å². The maximum Gasteiger partial charge on any atom is 0.134 e. The molecule has 3 N–H and O–H groups in total. The first kappa shape index (κ1) is 27.1. The van der Waals surface area contributed by atoms with Crippen molar-refractivity contribution in [3.05, 3.63) is 95.6 Å². The summed E-state index contributed by atoms with van der Waals surface area (Å²) < 4.78 is 11.1. The van der Waals surface area contributed by atoms with E-state index in [4.69, 9.17) is 9.47 Å². The number of likely N-dealkylation sites (tertiary alicyclic amines) is 1. The van der Waals surface area contributed by atoms with Crippen molar-refractivity contribution in [3.63, 3.8) is 0 Å². The minimum atomic E-state index is -1.23. The predicted octanol–water partition coefficient (Wildman–Crippen LogP) is 4.53. The summed E-state index contributed by atoms with van der Waals surface area (Å²) in [6.45, 7) is 2.95. The van der Waals surface area contributed by atoms with Crippen LogP contribution < -0.4 is 14.8 Å². The monoisotopic (exact) mass is 504 g/mol. The summed E-state index contributed by atoms with van der Waals surface area (Å²) in [6.07, 6.45) is 4.13. The highest BCUT2D eigenvalue weighted by Gasteiger charge is 2.32. The van der Waals surface area contributed by atoms with Gasteiger partial charge < -0.3 is 19.7 Å². The standard InChI is InChI=1S/C31H40N2O4/c1-36-28-16-12-25(13-17-28)10-7-11-30(34)32-31(35,24-33-20-5-6-21-33)22-26-14-18-29(19-15-26)37-23-27-8-3-2-4-9-27/h2-4,8-9,12-19,30,32,34-35H,5-7,10-11,20-24H2,1H3. The second kappa shape index (κ2) is 13.6. The highest BCUT2D eigenvalue weighted by Crippen LogP contribution is 2.21. The molecule has 0 amide bonds. The third-order valence-electron chi connectivity index (χ3n) is 6.89. The lowest BCUT2D eigenvalue weighted by Gasteiger charge is -2.35. The lowest BCUT2D eigenvalue weighted by Crippen LogP contribution is -2.58. The van der Waals surface area contributed by atoms with Gasteiger partial charge >= 0.3 is 0 Å². The molecule has 2 unspecified atom stereocenters. The van der Waals surface area contributed by atoms with Crippen LogP contribution in [0, 0.1) is 0 Å². The quantitative estimate of drug-likeness (QED) is 0.280. The van der Waals surface area contributed by atoms with Crippen LogP contribution in [0.3, 0.4) is 0 Å². The molecular formula is C31H40N2O4. The SMILES string of the molecule is COc1ccc(CCCC(O)NC(O)(Cc2ccc(OCc3ccccc3)cc2)CN2CCCC2)cc1. The Morgan fingerprint density at radius 2 is 1.51 bits per heavy atom. The molecule has 0 aliphatic carbocycles. The molecule has 2 atom stereocenters. The fraction of sp³-hybridized carbons (Fsp3) is 0.419. The van der Waals surface area contributed by atoms with Crippen molar-refractivity contribution in [3.8, 4) is 11.5 Å². The number of aliphatic hydroxyl groups is 2. The third kappa shape index (κ3) is 8.86. The van der Waals surface area contributed by atoms with Crippen molar-refractivity contribution >= 4 is 0 Å². The number of β-amino-alcohol motifs (C(OH)–C–C–N with tert-alkyl or cyclic N) is 1. The van der Waals surface area contributed by atoms with E-state index < -0.39 is 12.0 Å². The Hall–Kier alpha value is -2.90. The number of rotatable bonds is 14. The molecule has 0 bridgehead atoms. The largest absolute Gasteiger partial charge is 0.497 e. The van der Waals surface area contributed by atoms with Gasteiger partial charge in [-0.05, 0) is 86.1 Å². The van der Waals surface area contributed by atoms with Crippen molar-refractivity contribution in [1.82, 2.24) is 10.2 Å². The molecule has 1 aliphatic rings. The number of nitrogens with one attached hydrogen (secondary N) is 1. The molecular weight excluding hydrogens is 464 g/mol. The summed E-state index contributed by atoms with van der Waals surface area (Å²) in [5, 5.41) is 25.6. The van der Waals surface area contributed by atoms with Crippen LogP contribution in [0.25, 0.3) is 0 Å². The van der Waals surface area contributed by atoms with Crippen molar-refractivity contribution in [2.75, 3.05) is 26.7 Å². The van der Waals surface area contributed by atoms with Crippen LogP contribution in [-0.2, 0) is 19.4 Å². The number of aliphatic hydroxyl groups excluding tert-OH is 1. The van der Waals surface area contributed by atoms with Gasteiger partial charge in [0.25, 0.3) is 0 Å². The number of benzene rings is 3. The van der Waals surface area contributed by atoms with E-state index in [0.29, 0.717) is 26.0 Å². The molecule has 1 aliphatic heterocycles. The van der Waals surface area contributed by atoms with Gasteiger partial charge in [-0.25, -0.2) is 0 Å². The Labute approximate surface area is 220 Å². The Morgan fingerprint density at radius 3 is 2.19 bits per heavy atom. The van der Waals surface area contributed by atoms with Gasteiger partial charge in [-0.15, -0.1) is 0 Å². The molecule has 3 aromatic carbocycles. The number of hydrogen-bond acceptors (Lipinski definition) is 6. The molecule has 6 heteroatoms. The molecule has 0 radical (unpaired) electrons. The fourth-order valence-electron chi connectivity index (χ4n) is 4.92. The Kier molecular flexibility index (Phi) is 9.97. The highest BCUT2D eigenvalue weighted by molar-refractivity contribution is 5.29. The maximum absolute atomic E-state index is 11.6. The van der Waals surface area contributed by atoms with Gasteiger partial charge in [0.2, 0.25) is 0 Å². The van der Waals surface area contributed by atoms with Crippen molar-refractivity contribution in [2.24, 2.45) is 0 Å². The van der Waals surface area contributed by atoms with Crippen molar-refractivity contribution < 1.29 is 19.7 Å². The average Bonchev–Trinajstić information content (AvgIpc) is 3.41. The van der Waals surface area contributed by atoms with E-state index in [1.165, 1.54) is 5.56 Å². The van der Waals surface area contributed by atoms with Gasteiger partial charge in [0.05, 0.1) is 7.11 Å². The number of ether oxygens (including phenoxy) is 2. The Morgan fingerprint density at radius 1 is 0.865 bits per heavy atom. The maximum atomic E-state index is 11.6. The van der Waals surface area contributed by atoms with Gasteiger partial charge in [0, 0.05) is 13.0 Å². The molecule has 3 aromatic rings. The summed E-state index contributed by atoms with van der Waals surface area (Å²) in [5.41, 5.74) is 2.09. The van der Waals surface area contributed by atoms with Crippen LogP contribution in [0.1, 0.15) is 42.4 Å². The molecule has 4 rings (SSSR count). The van der Waals surface area contributed by atoms with E-state index in [-0.39, 0.29) is 0 Å². The Balaban J connectivity index is 1.31. The second-order valence-electron chi connectivity index (χ2n) is 10.0. The van der Waals surface area contributed by atoms with E-state index in [2.05, 4.69) is 22.3 Å². The first-order chi connectivity index (χ1) is 18.0. The topological polar surface area (TPSA) is 74.2 Å². The molecule has 6 nitrogen and oxygen atoms in total. The van der Waals surface area contributed by atoms with E-state index in [1.807, 2.05) is 66.7 Å². The number of nitrogens with zero attached hydrogens (tertiary/aromatic N) is 1. The van der Waals surface area contributed by atoms with E-state index in [9.17, 15) is 10.2 Å². The molecule has 37 heavy (non-hydrogen) atoms. The normalized spacial score (nSPS) is 16.3. The average molecular weight is 505 g/mol. The number of methoxy groups -OCH3 is 1. The zero-order chi connectivity index (χ0) is 25.9. The first-order valence-corrected chi connectivity index (χ1v) is 13.3. The highest BCUT2D eigenvalue weighted by atomic mass is 16.5. The summed E-state index contributed by atoms with van der Waals surface area (Å²) in [5.74, 6) is 1.63. The molecule has 1 heterocycles. The van der Waals surface area contributed by atoms with Crippen LogP contribution >= 0.6 is 0 Å². The number of aryl methyl sites for hydroxylation is 1. The second-order valence-corrected chi connectivity index (χ2v) is 10.0. The zero-order valence-corrected chi connectivity index (χ0v) is 21.8. The molecule has 0 aromatic heterocycles. The van der Waals surface area contributed by atoms with Crippen LogP contribution in [0.2, 0.25) is 0 Å². The van der Waals surface area contributed by atoms with Crippen LogP contribution in [0.4, 0.5) is 0 Å². The number of hydrogen-bond donors (Lipinski definition) is 3. The van der Waals surface area contributed by atoms with Crippen LogP contribution in [0.5, 0.6) is 11.5 Å². The van der Waals surface area contributed by atoms with Crippen LogP contribution in [0.15, 0.2) is 78.9 Å². The van der Waals surface area contributed by atoms with E-state index in [1.54, 1.807) is 7.11 Å². The molecule has 1 fully saturated rings.